The van der Waals surface area contributed by atoms with Crippen LogP contribution in [0.2, 0.25) is 0 Å². The number of hydrogen-bond acceptors (Lipinski definition) is 3. The molecule has 2 rings (SSSR count). The van der Waals surface area contributed by atoms with Gasteiger partial charge in [-0.3, -0.25) is 0 Å². The van der Waals surface area contributed by atoms with Gasteiger partial charge in [-0.1, -0.05) is 19.8 Å². The number of sulfonamides is 1. The molecule has 0 aromatic rings. The van der Waals surface area contributed by atoms with E-state index in [9.17, 15) is 8.42 Å². The van der Waals surface area contributed by atoms with E-state index in [2.05, 4.69) is 11.6 Å². The Morgan fingerprint density at radius 3 is 2.72 bits per heavy atom. The van der Waals surface area contributed by atoms with Gasteiger partial charge in [-0.25, -0.2) is 13.1 Å². The smallest absolute Gasteiger partial charge is 0.211 e. The first-order chi connectivity index (χ1) is 8.61. The minimum absolute atomic E-state index is 0.159. The maximum atomic E-state index is 12.0. The van der Waals surface area contributed by atoms with Gasteiger partial charge in [0, 0.05) is 12.6 Å². The molecule has 0 aromatic heterocycles. The van der Waals surface area contributed by atoms with Crippen LogP contribution in [0.3, 0.4) is 0 Å². The van der Waals surface area contributed by atoms with Crippen LogP contribution in [0, 0.1) is 5.92 Å². The van der Waals surface area contributed by atoms with E-state index in [0.717, 1.165) is 45.1 Å². The van der Waals surface area contributed by atoms with Crippen molar-refractivity contribution in [1.29, 1.82) is 0 Å². The zero-order valence-electron chi connectivity index (χ0n) is 11.2. The van der Waals surface area contributed by atoms with Crippen molar-refractivity contribution in [3.05, 3.63) is 0 Å². The Morgan fingerprint density at radius 2 is 2.06 bits per heavy atom. The van der Waals surface area contributed by atoms with Gasteiger partial charge in [0.2, 0.25) is 10.0 Å². The topological polar surface area (TPSA) is 55.4 Å². The van der Waals surface area contributed by atoms with Gasteiger partial charge >= 0.3 is 0 Å². The molecule has 0 aromatic carbocycles. The monoisotopic (exact) mass is 275 g/mol. The van der Waals surface area contributed by atoms with Gasteiger partial charge in [0.1, 0.15) is 0 Å². The molecule has 0 unspecified atom stereocenters. The summed E-state index contributed by atoms with van der Waals surface area (Å²) in [7, 11) is -3.13. The fourth-order valence-electron chi connectivity index (χ4n) is 3.13. The van der Waals surface area contributed by atoms with Crippen LogP contribution in [0.15, 0.2) is 0 Å². The third kappa shape index (κ3) is 3.93. The zero-order valence-corrected chi connectivity index (χ0v) is 12.0. The molecule has 0 amide bonds. The third-order valence-electron chi connectivity index (χ3n) is 4.25. The van der Waals surface area contributed by atoms with E-state index in [1.165, 1.54) is 0 Å². The van der Waals surface area contributed by atoms with E-state index in [1.54, 1.807) is 0 Å². The van der Waals surface area contributed by atoms with Crippen molar-refractivity contribution in [2.75, 3.05) is 12.4 Å². The summed E-state index contributed by atoms with van der Waals surface area (Å²) in [6, 6.07) is 0.171. The summed E-state index contributed by atoms with van der Waals surface area (Å²) < 4.78 is 32.4. The largest absolute Gasteiger partial charge is 0.378 e. The lowest BCUT2D eigenvalue weighted by Crippen LogP contribution is -2.39. The molecule has 1 aliphatic carbocycles. The molecule has 106 valence electrons. The summed E-state index contributed by atoms with van der Waals surface area (Å²) >= 11 is 0. The average Bonchev–Trinajstić information content (AvgIpc) is 2.96. The SMILES string of the molecule is CC[C@H]1CCC[C@@H]1NS(=O)(=O)CC[C@@H]1CCCO1. The third-order valence-corrected chi connectivity index (χ3v) is 5.68. The Morgan fingerprint density at radius 1 is 1.22 bits per heavy atom. The van der Waals surface area contributed by atoms with Gasteiger partial charge in [-0.2, -0.15) is 0 Å². The van der Waals surface area contributed by atoms with E-state index < -0.39 is 10.0 Å². The quantitative estimate of drug-likeness (QED) is 0.807. The molecule has 0 radical (unpaired) electrons. The van der Waals surface area contributed by atoms with Crippen LogP contribution in [-0.2, 0) is 14.8 Å². The lowest BCUT2D eigenvalue weighted by molar-refractivity contribution is 0.108. The number of ether oxygens (including phenoxy) is 1. The predicted molar refractivity (Wildman–Crippen MR) is 71.9 cm³/mol. The van der Waals surface area contributed by atoms with Crippen LogP contribution in [0.25, 0.3) is 0 Å². The van der Waals surface area contributed by atoms with Crippen molar-refractivity contribution in [3.8, 4) is 0 Å². The van der Waals surface area contributed by atoms with Crippen LogP contribution in [0.5, 0.6) is 0 Å². The molecule has 18 heavy (non-hydrogen) atoms. The highest BCUT2D eigenvalue weighted by atomic mass is 32.2. The summed E-state index contributed by atoms with van der Waals surface area (Å²) in [5.41, 5.74) is 0. The maximum Gasteiger partial charge on any atom is 0.211 e. The first-order valence-corrected chi connectivity index (χ1v) is 8.87. The average molecular weight is 275 g/mol. The molecular formula is C13H25NO3S. The molecule has 4 nitrogen and oxygen atoms in total. The van der Waals surface area contributed by atoms with Crippen LogP contribution in [-0.4, -0.2) is 32.9 Å². The van der Waals surface area contributed by atoms with Gasteiger partial charge in [0.15, 0.2) is 0 Å². The van der Waals surface area contributed by atoms with Crippen molar-refractivity contribution in [1.82, 2.24) is 4.72 Å². The lowest BCUT2D eigenvalue weighted by atomic mass is 10.0. The van der Waals surface area contributed by atoms with Crippen molar-refractivity contribution in [2.24, 2.45) is 5.92 Å². The lowest BCUT2D eigenvalue weighted by Gasteiger charge is -2.20. The van der Waals surface area contributed by atoms with Crippen molar-refractivity contribution in [2.45, 2.75) is 64.0 Å². The second kappa shape index (κ2) is 6.35. The normalized spacial score (nSPS) is 33.1. The van der Waals surface area contributed by atoms with E-state index in [0.29, 0.717) is 12.3 Å². The molecule has 0 bridgehead atoms. The summed E-state index contributed by atoms with van der Waals surface area (Å²) in [6.07, 6.45) is 7.25. The van der Waals surface area contributed by atoms with E-state index in [1.807, 2.05) is 0 Å². The molecule has 5 heteroatoms. The summed E-state index contributed by atoms with van der Waals surface area (Å²) in [4.78, 5) is 0. The first kappa shape index (κ1) is 14.3. The molecule has 1 aliphatic heterocycles. The number of nitrogens with one attached hydrogen (secondary N) is 1. The van der Waals surface area contributed by atoms with E-state index >= 15 is 0 Å². The molecule has 1 saturated carbocycles. The second-order valence-corrected chi connectivity index (χ2v) is 7.44. The van der Waals surface area contributed by atoms with Gasteiger partial charge in [0.25, 0.3) is 0 Å². The van der Waals surface area contributed by atoms with E-state index in [4.69, 9.17) is 4.74 Å². The summed E-state index contributed by atoms with van der Waals surface area (Å²) in [5.74, 6) is 0.743. The molecule has 0 spiro atoms. The van der Waals surface area contributed by atoms with Crippen LogP contribution >= 0.6 is 0 Å². The highest BCUT2D eigenvalue weighted by Crippen LogP contribution is 2.28. The van der Waals surface area contributed by atoms with Gasteiger partial charge in [-0.15, -0.1) is 0 Å². The number of hydrogen-bond donors (Lipinski definition) is 1. The Hall–Kier alpha value is -0.130. The fraction of sp³-hybridized carbons (Fsp3) is 1.00. The Kier molecular flexibility index (Phi) is 5.04. The van der Waals surface area contributed by atoms with Crippen molar-refractivity contribution < 1.29 is 13.2 Å². The minimum atomic E-state index is -3.13. The van der Waals surface area contributed by atoms with Crippen LogP contribution in [0.1, 0.15) is 51.9 Å². The minimum Gasteiger partial charge on any atom is -0.378 e. The summed E-state index contributed by atoms with van der Waals surface area (Å²) in [5, 5.41) is 0. The van der Waals surface area contributed by atoms with Crippen molar-refractivity contribution >= 4 is 10.0 Å². The zero-order chi connectivity index (χ0) is 13.0. The highest BCUT2D eigenvalue weighted by molar-refractivity contribution is 7.89. The fourth-order valence-corrected chi connectivity index (χ4v) is 4.59. The second-order valence-electron chi connectivity index (χ2n) is 5.57. The van der Waals surface area contributed by atoms with Gasteiger partial charge < -0.3 is 4.74 Å². The highest BCUT2D eigenvalue weighted by Gasteiger charge is 2.29. The Balaban J connectivity index is 1.79. The molecule has 2 fully saturated rings. The molecular weight excluding hydrogens is 250 g/mol. The molecule has 1 heterocycles. The standard InChI is InChI=1S/C13H25NO3S/c1-2-11-5-3-7-13(11)14-18(15,16)10-8-12-6-4-9-17-12/h11-14H,2-10H2,1H3/t11-,12-,13-/m0/s1. The van der Waals surface area contributed by atoms with Crippen LogP contribution in [0.4, 0.5) is 0 Å². The van der Waals surface area contributed by atoms with E-state index in [-0.39, 0.29) is 17.9 Å². The molecule has 3 atom stereocenters. The predicted octanol–water partition coefficient (Wildman–Crippen LogP) is 2.05. The van der Waals surface area contributed by atoms with Gasteiger partial charge in [-0.05, 0) is 38.0 Å². The van der Waals surface area contributed by atoms with Gasteiger partial charge in [0.05, 0.1) is 11.9 Å². The molecule has 2 aliphatic rings. The molecule has 1 saturated heterocycles. The maximum absolute atomic E-state index is 12.0. The summed E-state index contributed by atoms with van der Waals surface area (Å²) in [6.45, 7) is 2.93. The Bertz CT molecular complexity index is 349. The Labute approximate surface area is 111 Å². The number of rotatable bonds is 6. The first-order valence-electron chi connectivity index (χ1n) is 7.22. The molecule has 1 N–H and O–H groups in total. The van der Waals surface area contributed by atoms with Crippen molar-refractivity contribution in [3.63, 3.8) is 0 Å². The van der Waals surface area contributed by atoms with Crippen LogP contribution < -0.4 is 4.72 Å².